The average molecular weight is 198 g/mol. The van der Waals surface area contributed by atoms with E-state index in [9.17, 15) is 0 Å². The van der Waals surface area contributed by atoms with Crippen LogP contribution in [0.2, 0.25) is 0 Å². The maximum absolute atomic E-state index is 6.22. The van der Waals surface area contributed by atoms with Gasteiger partial charge in [0, 0.05) is 12.7 Å². The Labute approximate surface area is 82.5 Å². The van der Waals surface area contributed by atoms with Crippen molar-refractivity contribution in [1.29, 1.82) is 0 Å². The van der Waals surface area contributed by atoms with E-state index < -0.39 is 0 Å². The summed E-state index contributed by atoms with van der Waals surface area (Å²) in [5.41, 5.74) is 0.945. The Balaban J connectivity index is 2.22. The van der Waals surface area contributed by atoms with Gasteiger partial charge in [-0.15, -0.1) is 11.6 Å². The van der Waals surface area contributed by atoms with Crippen molar-refractivity contribution in [3.63, 3.8) is 0 Å². The van der Waals surface area contributed by atoms with Crippen LogP contribution in [0.4, 0.5) is 5.95 Å². The Morgan fingerprint density at radius 3 is 3.00 bits per heavy atom. The summed E-state index contributed by atoms with van der Waals surface area (Å²) < 4.78 is 0. The van der Waals surface area contributed by atoms with Gasteiger partial charge < -0.3 is 5.32 Å². The van der Waals surface area contributed by atoms with E-state index in [2.05, 4.69) is 15.3 Å². The summed E-state index contributed by atoms with van der Waals surface area (Å²) in [6.45, 7) is 2.85. The van der Waals surface area contributed by atoms with Crippen molar-refractivity contribution in [2.45, 2.75) is 24.6 Å². The molecule has 0 saturated heterocycles. The number of nitrogens with one attached hydrogen (secondary N) is 1. The van der Waals surface area contributed by atoms with Gasteiger partial charge in [-0.05, 0) is 25.8 Å². The minimum Gasteiger partial charge on any atom is -0.354 e. The number of aromatic nitrogens is 2. The molecule has 2 rings (SSSR count). The zero-order valence-electron chi connectivity index (χ0n) is 7.55. The van der Waals surface area contributed by atoms with Gasteiger partial charge in [0.25, 0.3) is 0 Å². The molecule has 4 heteroatoms. The molecule has 1 aliphatic carbocycles. The molecular weight excluding hydrogens is 186 g/mol. The highest BCUT2D eigenvalue weighted by molar-refractivity contribution is 6.25. The third-order valence-corrected chi connectivity index (χ3v) is 2.71. The van der Waals surface area contributed by atoms with Crippen LogP contribution in [0.1, 0.15) is 25.5 Å². The second-order valence-electron chi connectivity index (χ2n) is 3.26. The first-order valence-corrected chi connectivity index (χ1v) is 4.89. The Kier molecular flexibility index (Phi) is 2.12. The molecule has 1 heterocycles. The third kappa shape index (κ3) is 1.75. The van der Waals surface area contributed by atoms with Gasteiger partial charge in [0.15, 0.2) is 0 Å². The molecule has 13 heavy (non-hydrogen) atoms. The number of halogens is 1. The summed E-state index contributed by atoms with van der Waals surface area (Å²) in [6.07, 6.45) is 3.80. The average Bonchev–Trinajstić information content (AvgIpc) is 2.86. The van der Waals surface area contributed by atoms with E-state index in [-0.39, 0.29) is 4.87 Å². The van der Waals surface area contributed by atoms with Crippen LogP contribution in [0, 0.1) is 0 Å². The van der Waals surface area contributed by atoms with Crippen LogP contribution in [0.3, 0.4) is 0 Å². The summed E-state index contributed by atoms with van der Waals surface area (Å²) in [7, 11) is 0. The van der Waals surface area contributed by atoms with E-state index in [0.29, 0.717) is 5.95 Å². The Morgan fingerprint density at radius 1 is 1.62 bits per heavy atom. The number of rotatable bonds is 3. The highest BCUT2D eigenvalue weighted by atomic mass is 35.5. The third-order valence-electron chi connectivity index (χ3n) is 2.14. The first kappa shape index (κ1) is 8.75. The lowest BCUT2D eigenvalue weighted by molar-refractivity contribution is 0.913. The zero-order valence-corrected chi connectivity index (χ0v) is 8.30. The van der Waals surface area contributed by atoms with E-state index >= 15 is 0 Å². The van der Waals surface area contributed by atoms with Crippen LogP contribution >= 0.6 is 11.6 Å². The van der Waals surface area contributed by atoms with Crippen LogP contribution in [0.15, 0.2) is 12.3 Å². The van der Waals surface area contributed by atoms with Gasteiger partial charge in [0.1, 0.15) is 0 Å². The summed E-state index contributed by atoms with van der Waals surface area (Å²) >= 11 is 6.22. The molecule has 0 atom stereocenters. The molecule has 70 valence electrons. The highest BCUT2D eigenvalue weighted by Crippen LogP contribution is 2.51. The predicted octanol–water partition coefficient (Wildman–Crippen LogP) is 2.14. The van der Waals surface area contributed by atoms with Gasteiger partial charge in [-0.3, -0.25) is 0 Å². The molecule has 1 aliphatic rings. The number of alkyl halides is 1. The SMILES string of the molecule is CCNc1nccc(C2(Cl)CC2)n1. The Bertz CT molecular complexity index is 309. The van der Waals surface area contributed by atoms with Gasteiger partial charge in [-0.25, -0.2) is 9.97 Å². The van der Waals surface area contributed by atoms with Gasteiger partial charge >= 0.3 is 0 Å². The number of anilines is 1. The van der Waals surface area contributed by atoms with Crippen LogP contribution in [-0.2, 0) is 4.87 Å². The molecule has 1 fully saturated rings. The lowest BCUT2D eigenvalue weighted by Gasteiger charge is -2.07. The largest absolute Gasteiger partial charge is 0.354 e. The Hall–Kier alpha value is -0.830. The standard InChI is InChI=1S/C9H12ClN3/c1-2-11-8-12-6-3-7(13-8)9(10)4-5-9/h3,6H,2,4-5H2,1H3,(H,11,12,13). The molecule has 1 aromatic rings. The predicted molar refractivity (Wildman–Crippen MR) is 53.0 cm³/mol. The van der Waals surface area contributed by atoms with E-state index in [0.717, 1.165) is 25.1 Å². The van der Waals surface area contributed by atoms with Gasteiger partial charge in [0.05, 0.1) is 10.6 Å². The molecule has 0 radical (unpaired) electrons. The fourth-order valence-electron chi connectivity index (χ4n) is 1.22. The van der Waals surface area contributed by atoms with Crippen molar-refractivity contribution < 1.29 is 0 Å². The second kappa shape index (κ2) is 3.14. The normalized spacial score (nSPS) is 18.3. The smallest absolute Gasteiger partial charge is 0.222 e. The highest BCUT2D eigenvalue weighted by Gasteiger charge is 2.43. The molecule has 0 unspecified atom stereocenters. The fourth-order valence-corrected chi connectivity index (χ4v) is 1.42. The van der Waals surface area contributed by atoms with Crippen molar-refractivity contribution in [3.05, 3.63) is 18.0 Å². The molecule has 1 aromatic heterocycles. The van der Waals surface area contributed by atoms with E-state index in [4.69, 9.17) is 11.6 Å². The van der Waals surface area contributed by atoms with Crippen LogP contribution in [0.5, 0.6) is 0 Å². The molecule has 1 saturated carbocycles. The minimum absolute atomic E-state index is 0.187. The zero-order chi connectivity index (χ0) is 9.31. The van der Waals surface area contributed by atoms with Crippen LogP contribution in [-0.4, -0.2) is 16.5 Å². The van der Waals surface area contributed by atoms with Crippen LogP contribution < -0.4 is 5.32 Å². The monoisotopic (exact) mass is 197 g/mol. The fraction of sp³-hybridized carbons (Fsp3) is 0.556. The lowest BCUT2D eigenvalue weighted by Crippen LogP contribution is -2.06. The summed E-state index contributed by atoms with van der Waals surface area (Å²) in [5.74, 6) is 0.673. The number of hydrogen-bond acceptors (Lipinski definition) is 3. The van der Waals surface area contributed by atoms with E-state index in [1.807, 2.05) is 13.0 Å². The maximum atomic E-state index is 6.22. The molecule has 0 aliphatic heterocycles. The molecule has 0 amide bonds. The molecule has 0 bridgehead atoms. The number of hydrogen-bond donors (Lipinski definition) is 1. The molecular formula is C9H12ClN3. The van der Waals surface area contributed by atoms with Crippen molar-refractivity contribution >= 4 is 17.5 Å². The summed E-state index contributed by atoms with van der Waals surface area (Å²) in [5, 5.41) is 3.07. The maximum Gasteiger partial charge on any atom is 0.222 e. The van der Waals surface area contributed by atoms with Crippen molar-refractivity contribution in [1.82, 2.24) is 9.97 Å². The number of nitrogens with zero attached hydrogens (tertiary/aromatic N) is 2. The molecule has 3 nitrogen and oxygen atoms in total. The van der Waals surface area contributed by atoms with Gasteiger partial charge in [-0.2, -0.15) is 0 Å². The van der Waals surface area contributed by atoms with Crippen molar-refractivity contribution in [2.75, 3.05) is 11.9 Å². The molecule has 1 N–H and O–H groups in total. The molecule has 0 spiro atoms. The quantitative estimate of drug-likeness (QED) is 0.755. The first-order valence-electron chi connectivity index (χ1n) is 4.51. The van der Waals surface area contributed by atoms with Crippen LogP contribution in [0.25, 0.3) is 0 Å². The van der Waals surface area contributed by atoms with E-state index in [1.165, 1.54) is 0 Å². The van der Waals surface area contributed by atoms with E-state index in [1.54, 1.807) is 6.20 Å². The lowest BCUT2D eigenvalue weighted by atomic mass is 10.3. The second-order valence-corrected chi connectivity index (χ2v) is 3.98. The van der Waals surface area contributed by atoms with Gasteiger partial charge in [0.2, 0.25) is 5.95 Å². The minimum atomic E-state index is -0.187. The Morgan fingerprint density at radius 2 is 2.38 bits per heavy atom. The summed E-state index contributed by atoms with van der Waals surface area (Å²) in [4.78, 5) is 8.24. The summed E-state index contributed by atoms with van der Waals surface area (Å²) in [6, 6.07) is 1.89. The first-order chi connectivity index (χ1) is 6.24. The molecule has 0 aromatic carbocycles. The van der Waals surface area contributed by atoms with Crippen molar-refractivity contribution in [3.8, 4) is 0 Å². The van der Waals surface area contributed by atoms with Gasteiger partial charge in [-0.1, -0.05) is 0 Å². The topological polar surface area (TPSA) is 37.8 Å². The van der Waals surface area contributed by atoms with Crippen molar-refractivity contribution in [2.24, 2.45) is 0 Å².